The Labute approximate surface area is 395 Å². The van der Waals surface area contributed by atoms with Crippen LogP contribution in [0, 0.1) is 0 Å². The molecule has 0 fully saturated rings. The second kappa shape index (κ2) is 53.9. The van der Waals surface area contributed by atoms with Crippen LogP contribution < -0.4 is 0 Å². The van der Waals surface area contributed by atoms with Crippen molar-refractivity contribution in [2.24, 2.45) is 0 Å². The molecule has 0 heterocycles. The highest BCUT2D eigenvalue weighted by Crippen LogP contribution is 2.13. The Kier molecular flexibility index (Phi) is 51.0. The van der Waals surface area contributed by atoms with E-state index in [9.17, 15) is 9.59 Å². The molecule has 0 rings (SSSR count). The number of rotatable bonds is 47. The van der Waals surface area contributed by atoms with Crippen LogP contribution in [0.25, 0.3) is 0 Å². The lowest BCUT2D eigenvalue weighted by atomic mass is 10.1. The normalized spacial score (nSPS) is 13.1. The molecule has 364 valence electrons. The molecule has 0 bridgehead atoms. The van der Waals surface area contributed by atoms with Crippen molar-refractivity contribution in [2.75, 3.05) is 19.8 Å². The van der Waals surface area contributed by atoms with Gasteiger partial charge in [-0.15, -0.1) is 0 Å². The van der Waals surface area contributed by atoms with Crippen molar-refractivity contribution in [2.45, 2.75) is 232 Å². The van der Waals surface area contributed by atoms with Gasteiger partial charge in [0.2, 0.25) is 0 Å². The van der Waals surface area contributed by atoms with Crippen LogP contribution in [0.4, 0.5) is 0 Å². The molecule has 0 radical (unpaired) electrons. The molecule has 0 amide bonds. The summed E-state index contributed by atoms with van der Waals surface area (Å²) in [7, 11) is 0. The minimum absolute atomic E-state index is 0.0579. The second-order valence-electron chi connectivity index (χ2n) is 17.0. The van der Waals surface area contributed by atoms with E-state index in [1.807, 2.05) is 0 Å². The molecule has 0 saturated heterocycles. The Hall–Kier alpha value is -3.44. The van der Waals surface area contributed by atoms with Crippen LogP contribution in [-0.4, -0.2) is 37.9 Å². The summed E-state index contributed by atoms with van der Waals surface area (Å²) >= 11 is 0. The van der Waals surface area contributed by atoms with Gasteiger partial charge in [-0.3, -0.25) is 9.59 Å². The summed E-state index contributed by atoms with van der Waals surface area (Å²) < 4.78 is 17.4. The van der Waals surface area contributed by atoms with Gasteiger partial charge in [0.05, 0.1) is 6.61 Å². The van der Waals surface area contributed by atoms with E-state index in [1.54, 1.807) is 0 Å². The third-order valence-electron chi connectivity index (χ3n) is 10.8. The summed E-state index contributed by atoms with van der Waals surface area (Å²) in [5.74, 6) is -0.446. The average molecular weight is 887 g/mol. The molecule has 1 atom stereocenters. The molecule has 64 heavy (non-hydrogen) atoms. The third-order valence-corrected chi connectivity index (χ3v) is 10.8. The minimum atomic E-state index is -0.564. The zero-order valence-electron chi connectivity index (χ0n) is 41.8. The van der Waals surface area contributed by atoms with Crippen LogP contribution in [0.5, 0.6) is 0 Å². The first-order valence-electron chi connectivity index (χ1n) is 26.4. The molecular weight excluding hydrogens is 789 g/mol. The fourth-order valence-electron chi connectivity index (χ4n) is 6.91. The molecular formula is C59H98O5. The first-order chi connectivity index (χ1) is 31.6. The molecule has 0 aromatic rings. The Morgan fingerprint density at radius 1 is 0.359 bits per heavy atom. The van der Waals surface area contributed by atoms with Gasteiger partial charge in [-0.2, -0.15) is 0 Å². The van der Waals surface area contributed by atoms with Gasteiger partial charge in [0.15, 0.2) is 6.10 Å². The quantitative estimate of drug-likeness (QED) is 0.0346. The zero-order valence-corrected chi connectivity index (χ0v) is 41.8. The zero-order chi connectivity index (χ0) is 46.3. The predicted molar refractivity (Wildman–Crippen MR) is 279 cm³/mol. The Morgan fingerprint density at radius 3 is 1.12 bits per heavy atom. The number of carbonyl (C=O) groups excluding carboxylic acids is 2. The largest absolute Gasteiger partial charge is 0.462 e. The average Bonchev–Trinajstić information content (AvgIpc) is 3.30. The number of hydrogen-bond donors (Lipinski definition) is 0. The minimum Gasteiger partial charge on any atom is -0.462 e. The van der Waals surface area contributed by atoms with E-state index in [0.29, 0.717) is 19.4 Å². The van der Waals surface area contributed by atoms with Gasteiger partial charge in [-0.1, -0.05) is 207 Å². The van der Waals surface area contributed by atoms with E-state index < -0.39 is 6.10 Å². The lowest BCUT2D eigenvalue weighted by molar-refractivity contribution is -0.163. The van der Waals surface area contributed by atoms with Crippen molar-refractivity contribution >= 4 is 11.9 Å². The molecule has 0 aromatic carbocycles. The van der Waals surface area contributed by atoms with E-state index in [2.05, 4.69) is 130 Å². The SMILES string of the molecule is CC/C=C\C/C=C\C/C=C\C/C=C\CCCCCCC(=O)OCC(COCCCCCCCC/C=C\C/C=C\CCC)OC(=O)CCCCCCCCC/C=C\C/C=C\C/C=C\CC. The van der Waals surface area contributed by atoms with Gasteiger partial charge in [0.1, 0.15) is 6.61 Å². The summed E-state index contributed by atoms with van der Waals surface area (Å²) in [6, 6.07) is 0. The van der Waals surface area contributed by atoms with Crippen LogP contribution in [0.2, 0.25) is 0 Å². The maximum atomic E-state index is 12.8. The topological polar surface area (TPSA) is 61.8 Å². The lowest BCUT2D eigenvalue weighted by Gasteiger charge is -2.18. The van der Waals surface area contributed by atoms with Gasteiger partial charge in [0, 0.05) is 19.4 Å². The Balaban J connectivity index is 4.37. The van der Waals surface area contributed by atoms with Gasteiger partial charge in [-0.25, -0.2) is 0 Å². The maximum Gasteiger partial charge on any atom is 0.306 e. The molecule has 0 spiro atoms. The maximum absolute atomic E-state index is 12.8. The first-order valence-corrected chi connectivity index (χ1v) is 26.4. The first kappa shape index (κ1) is 60.6. The van der Waals surface area contributed by atoms with Gasteiger partial charge < -0.3 is 14.2 Å². The number of hydrogen-bond acceptors (Lipinski definition) is 5. The highest BCUT2D eigenvalue weighted by molar-refractivity contribution is 5.70. The van der Waals surface area contributed by atoms with Crippen molar-refractivity contribution < 1.29 is 23.8 Å². The molecule has 0 aliphatic carbocycles. The molecule has 0 saturated carbocycles. The van der Waals surface area contributed by atoms with Gasteiger partial charge in [-0.05, 0) is 116 Å². The van der Waals surface area contributed by atoms with Crippen LogP contribution in [0.3, 0.4) is 0 Å². The van der Waals surface area contributed by atoms with Crippen molar-refractivity contribution in [1.29, 1.82) is 0 Å². The van der Waals surface area contributed by atoms with E-state index in [0.717, 1.165) is 128 Å². The molecule has 0 aromatic heterocycles. The number of allylic oxidation sites excluding steroid dienone is 18. The third kappa shape index (κ3) is 51.2. The summed E-state index contributed by atoms with van der Waals surface area (Å²) in [6.07, 6.45) is 73.8. The van der Waals surface area contributed by atoms with E-state index in [-0.39, 0.29) is 25.2 Å². The molecule has 0 aliphatic rings. The highest BCUT2D eigenvalue weighted by atomic mass is 16.6. The fraction of sp³-hybridized carbons (Fsp3) is 0.661. The van der Waals surface area contributed by atoms with Crippen LogP contribution in [0.1, 0.15) is 226 Å². The monoisotopic (exact) mass is 887 g/mol. The molecule has 0 aliphatic heterocycles. The number of esters is 2. The summed E-state index contributed by atoms with van der Waals surface area (Å²) in [5, 5.41) is 0. The highest BCUT2D eigenvalue weighted by Gasteiger charge is 2.17. The predicted octanol–water partition coefficient (Wildman–Crippen LogP) is 18.0. The van der Waals surface area contributed by atoms with Crippen molar-refractivity contribution in [1.82, 2.24) is 0 Å². The summed E-state index contributed by atoms with van der Waals surface area (Å²) in [4.78, 5) is 25.4. The number of ether oxygens (including phenoxy) is 3. The van der Waals surface area contributed by atoms with E-state index >= 15 is 0 Å². The lowest BCUT2D eigenvalue weighted by Crippen LogP contribution is -2.30. The van der Waals surface area contributed by atoms with Crippen molar-refractivity contribution in [3.63, 3.8) is 0 Å². The van der Waals surface area contributed by atoms with Crippen molar-refractivity contribution in [3.05, 3.63) is 109 Å². The molecule has 0 N–H and O–H groups in total. The second-order valence-corrected chi connectivity index (χ2v) is 17.0. The van der Waals surface area contributed by atoms with Gasteiger partial charge in [0.25, 0.3) is 0 Å². The van der Waals surface area contributed by atoms with E-state index in [1.165, 1.54) is 64.2 Å². The summed E-state index contributed by atoms with van der Waals surface area (Å²) in [6.45, 7) is 7.48. The standard InChI is InChI=1S/C59H98O5/c1-4-7-10-13-16-19-22-25-28-30-32-34-37-40-43-46-49-52-58(60)63-56-57(55-62-54-51-48-45-42-39-36-27-24-21-18-15-12-9-6-3)64-59(61)53-50-47-44-41-38-35-33-31-29-26-23-20-17-14-11-8-5-2/h7-8,10-12,15-17,19-21,24-26,28-29,32,34,57H,4-6,9,13-14,18,22-23,27,30-31,33,35-56H2,1-3H3/b10-7-,11-8-,15-12-,19-16-,20-17-,24-21-,28-25-,29-26-,34-32-. The van der Waals surface area contributed by atoms with Crippen LogP contribution >= 0.6 is 0 Å². The number of unbranched alkanes of at least 4 members (excludes halogenated alkanes) is 18. The molecule has 5 nitrogen and oxygen atoms in total. The van der Waals surface area contributed by atoms with Crippen LogP contribution in [0.15, 0.2) is 109 Å². The van der Waals surface area contributed by atoms with Crippen molar-refractivity contribution in [3.8, 4) is 0 Å². The van der Waals surface area contributed by atoms with Gasteiger partial charge >= 0.3 is 11.9 Å². The fourth-order valence-corrected chi connectivity index (χ4v) is 6.91. The smallest absolute Gasteiger partial charge is 0.306 e. The summed E-state index contributed by atoms with van der Waals surface area (Å²) in [5.41, 5.74) is 0. The Bertz CT molecular complexity index is 1280. The van der Waals surface area contributed by atoms with Crippen LogP contribution in [-0.2, 0) is 23.8 Å². The molecule has 5 heteroatoms. The van der Waals surface area contributed by atoms with E-state index in [4.69, 9.17) is 14.2 Å². The molecule has 1 unspecified atom stereocenters. The Morgan fingerprint density at radius 2 is 0.703 bits per heavy atom. The number of carbonyl (C=O) groups is 2.